The lowest BCUT2D eigenvalue weighted by molar-refractivity contribution is 0.102. The van der Waals surface area contributed by atoms with Gasteiger partial charge in [0.05, 0.1) is 5.56 Å². The highest BCUT2D eigenvalue weighted by molar-refractivity contribution is 6.32. The normalized spacial score (nSPS) is 13.1. The molecule has 1 amide bonds. The highest BCUT2D eigenvalue weighted by Gasteiger charge is 2.14. The number of halogens is 1. The summed E-state index contributed by atoms with van der Waals surface area (Å²) in [5.41, 5.74) is 3.81. The molecule has 0 unspecified atom stereocenters. The van der Waals surface area contributed by atoms with Gasteiger partial charge in [-0.15, -0.1) is 0 Å². The molecule has 4 nitrogen and oxygen atoms in total. The zero-order chi connectivity index (χ0) is 15.8. The molecule has 1 aromatic heterocycles. The first-order valence-electron chi connectivity index (χ1n) is 7.38. The topological polar surface area (TPSA) is 54.0 Å². The van der Waals surface area contributed by atoms with Crippen LogP contribution in [0, 0.1) is 0 Å². The van der Waals surface area contributed by atoms with Gasteiger partial charge in [0.1, 0.15) is 0 Å². The molecule has 1 aliphatic rings. The van der Waals surface area contributed by atoms with Crippen LogP contribution in [0.2, 0.25) is 5.02 Å². The molecule has 2 heterocycles. The number of benzene rings is 2. The Bertz CT molecular complexity index is 923. The van der Waals surface area contributed by atoms with Gasteiger partial charge in [-0.2, -0.15) is 0 Å². The van der Waals surface area contributed by atoms with E-state index in [0.717, 1.165) is 29.5 Å². The van der Waals surface area contributed by atoms with Crippen LogP contribution >= 0.6 is 11.6 Å². The highest BCUT2D eigenvalue weighted by atomic mass is 35.5. The summed E-state index contributed by atoms with van der Waals surface area (Å²) >= 11 is 6.14. The van der Waals surface area contributed by atoms with Gasteiger partial charge in [0.25, 0.3) is 5.91 Å². The van der Waals surface area contributed by atoms with E-state index in [1.165, 1.54) is 11.1 Å². The summed E-state index contributed by atoms with van der Waals surface area (Å²) in [5, 5.41) is 8.47. The number of anilines is 1. The largest absolute Gasteiger partial charge is 0.322 e. The smallest absolute Gasteiger partial charge is 0.256 e. The standard InChI is InChI=1S/C18H14ClN3O/c19-14-5-11-3-4-20-10-17(11)16(7-14)18(23)22-15-2-1-12-8-21-9-13(12)6-15/h1-7,10,21H,8-9H2,(H,22,23). The van der Waals surface area contributed by atoms with Gasteiger partial charge in [-0.25, -0.2) is 0 Å². The van der Waals surface area contributed by atoms with Gasteiger partial charge in [0.2, 0.25) is 0 Å². The van der Waals surface area contributed by atoms with Crippen LogP contribution in [0.4, 0.5) is 5.69 Å². The van der Waals surface area contributed by atoms with Crippen LogP contribution < -0.4 is 10.6 Å². The van der Waals surface area contributed by atoms with E-state index in [2.05, 4.69) is 15.6 Å². The summed E-state index contributed by atoms with van der Waals surface area (Å²) in [6.45, 7) is 1.72. The number of amides is 1. The van der Waals surface area contributed by atoms with Crippen LogP contribution in [-0.4, -0.2) is 10.9 Å². The van der Waals surface area contributed by atoms with Crippen molar-refractivity contribution in [1.29, 1.82) is 0 Å². The van der Waals surface area contributed by atoms with E-state index in [1.807, 2.05) is 30.3 Å². The number of hydrogen-bond donors (Lipinski definition) is 2. The van der Waals surface area contributed by atoms with Crippen molar-refractivity contribution in [3.8, 4) is 0 Å². The van der Waals surface area contributed by atoms with Crippen molar-refractivity contribution >= 4 is 34.0 Å². The summed E-state index contributed by atoms with van der Waals surface area (Å²) in [7, 11) is 0. The molecule has 4 rings (SSSR count). The van der Waals surface area contributed by atoms with Crippen LogP contribution in [0.3, 0.4) is 0 Å². The number of fused-ring (bicyclic) bond motifs is 2. The summed E-state index contributed by atoms with van der Waals surface area (Å²) < 4.78 is 0. The monoisotopic (exact) mass is 323 g/mol. The fourth-order valence-corrected chi connectivity index (χ4v) is 3.15. The predicted molar refractivity (Wildman–Crippen MR) is 91.7 cm³/mol. The van der Waals surface area contributed by atoms with Crippen molar-refractivity contribution in [2.75, 3.05) is 5.32 Å². The maximum Gasteiger partial charge on any atom is 0.256 e. The average Bonchev–Trinajstić information content (AvgIpc) is 3.01. The van der Waals surface area contributed by atoms with E-state index in [1.54, 1.807) is 18.5 Å². The minimum Gasteiger partial charge on any atom is -0.322 e. The Morgan fingerprint density at radius 2 is 2.00 bits per heavy atom. The van der Waals surface area contributed by atoms with Crippen LogP contribution in [0.15, 0.2) is 48.8 Å². The van der Waals surface area contributed by atoms with Crippen molar-refractivity contribution in [3.63, 3.8) is 0 Å². The Morgan fingerprint density at radius 3 is 2.91 bits per heavy atom. The number of nitrogens with zero attached hydrogens (tertiary/aromatic N) is 1. The fraction of sp³-hybridized carbons (Fsp3) is 0.111. The molecule has 5 heteroatoms. The van der Waals surface area contributed by atoms with Gasteiger partial charge in [0.15, 0.2) is 0 Å². The van der Waals surface area contributed by atoms with Gasteiger partial charge in [-0.1, -0.05) is 17.7 Å². The van der Waals surface area contributed by atoms with Crippen molar-refractivity contribution in [2.45, 2.75) is 13.1 Å². The average molecular weight is 324 g/mol. The molecule has 1 aliphatic heterocycles. The number of hydrogen-bond acceptors (Lipinski definition) is 3. The second kappa shape index (κ2) is 5.65. The van der Waals surface area contributed by atoms with Crippen molar-refractivity contribution < 1.29 is 4.79 Å². The zero-order valence-corrected chi connectivity index (χ0v) is 13.0. The van der Waals surface area contributed by atoms with Gasteiger partial charge in [0, 0.05) is 41.6 Å². The fourth-order valence-electron chi connectivity index (χ4n) is 2.92. The third-order valence-corrected chi connectivity index (χ3v) is 4.28. The summed E-state index contributed by atoms with van der Waals surface area (Å²) in [4.78, 5) is 16.8. The first-order valence-corrected chi connectivity index (χ1v) is 7.76. The quantitative estimate of drug-likeness (QED) is 0.755. The van der Waals surface area contributed by atoms with Crippen molar-refractivity contribution in [1.82, 2.24) is 10.3 Å². The van der Waals surface area contributed by atoms with Crippen molar-refractivity contribution in [2.24, 2.45) is 0 Å². The molecular weight excluding hydrogens is 310 g/mol. The molecular formula is C18H14ClN3O. The molecule has 23 heavy (non-hydrogen) atoms. The summed E-state index contributed by atoms with van der Waals surface area (Å²) in [6, 6.07) is 11.3. The molecule has 0 fully saturated rings. The van der Waals surface area contributed by atoms with Crippen LogP contribution in [-0.2, 0) is 13.1 Å². The Morgan fingerprint density at radius 1 is 1.13 bits per heavy atom. The molecule has 0 spiro atoms. The van der Waals surface area contributed by atoms with Gasteiger partial charge in [-0.3, -0.25) is 9.78 Å². The molecule has 0 saturated carbocycles. The van der Waals surface area contributed by atoms with Gasteiger partial charge >= 0.3 is 0 Å². The molecule has 0 atom stereocenters. The maximum atomic E-state index is 12.7. The lowest BCUT2D eigenvalue weighted by atomic mass is 10.1. The molecule has 2 N–H and O–H groups in total. The number of aromatic nitrogens is 1. The van der Waals surface area contributed by atoms with E-state index in [4.69, 9.17) is 11.6 Å². The number of carbonyl (C=O) groups excluding carboxylic acids is 1. The van der Waals surface area contributed by atoms with E-state index >= 15 is 0 Å². The van der Waals surface area contributed by atoms with E-state index in [0.29, 0.717) is 10.6 Å². The van der Waals surface area contributed by atoms with Crippen LogP contribution in [0.5, 0.6) is 0 Å². The Kier molecular flexibility index (Phi) is 3.48. The molecule has 0 aliphatic carbocycles. The SMILES string of the molecule is O=C(Nc1ccc2c(c1)CNC2)c1cc(Cl)cc2ccncc12. The van der Waals surface area contributed by atoms with Gasteiger partial charge in [-0.05, 0) is 46.8 Å². The lowest BCUT2D eigenvalue weighted by Gasteiger charge is -2.10. The first kappa shape index (κ1) is 14.2. The molecule has 0 radical (unpaired) electrons. The number of nitrogens with one attached hydrogen (secondary N) is 2. The third kappa shape index (κ3) is 2.67. The van der Waals surface area contributed by atoms with Crippen LogP contribution in [0.1, 0.15) is 21.5 Å². The summed E-state index contributed by atoms with van der Waals surface area (Å²) in [6.07, 6.45) is 3.38. The second-order valence-electron chi connectivity index (χ2n) is 5.59. The second-order valence-corrected chi connectivity index (χ2v) is 6.03. The van der Waals surface area contributed by atoms with E-state index in [9.17, 15) is 4.79 Å². The molecule has 114 valence electrons. The predicted octanol–water partition coefficient (Wildman–Crippen LogP) is 3.74. The van der Waals surface area contributed by atoms with E-state index < -0.39 is 0 Å². The third-order valence-electron chi connectivity index (χ3n) is 4.06. The van der Waals surface area contributed by atoms with E-state index in [-0.39, 0.29) is 5.91 Å². The Balaban J connectivity index is 1.70. The number of rotatable bonds is 2. The molecule has 2 aromatic carbocycles. The zero-order valence-electron chi connectivity index (χ0n) is 12.3. The Hall–Kier alpha value is -2.43. The molecule has 0 bridgehead atoms. The minimum absolute atomic E-state index is 0.184. The van der Waals surface area contributed by atoms with Gasteiger partial charge < -0.3 is 10.6 Å². The van der Waals surface area contributed by atoms with Crippen LogP contribution in [0.25, 0.3) is 10.8 Å². The summed E-state index contributed by atoms with van der Waals surface area (Å²) in [5.74, 6) is -0.184. The first-order chi connectivity index (χ1) is 11.2. The lowest BCUT2D eigenvalue weighted by Crippen LogP contribution is -2.12. The maximum absolute atomic E-state index is 12.7. The van der Waals surface area contributed by atoms with Crippen molar-refractivity contribution in [3.05, 3.63) is 70.5 Å². The minimum atomic E-state index is -0.184. The number of carbonyl (C=O) groups is 1. The highest BCUT2D eigenvalue weighted by Crippen LogP contribution is 2.25. The molecule has 3 aromatic rings. The Labute approximate surface area is 138 Å². The number of pyridine rings is 1. The molecule has 0 saturated heterocycles.